The van der Waals surface area contributed by atoms with Crippen molar-refractivity contribution in [2.75, 3.05) is 44.3 Å². The average molecular weight is 522 g/mol. The molecule has 34 heavy (non-hydrogen) atoms. The number of anilines is 1. The zero-order chi connectivity index (χ0) is 25.1. The summed E-state index contributed by atoms with van der Waals surface area (Å²) >= 11 is -0.157. The Bertz CT molecular complexity index is 1130. The van der Waals surface area contributed by atoms with Crippen LogP contribution in [0.5, 0.6) is 5.75 Å². The van der Waals surface area contributed by atoms with E-state index in [1.54, 1.807) is 12.1 Å². The highest BCUT2D eigenvalue weighted by Gasteiger charge is 2.29. The van der Waals surface area contributed by atoms with Gasteiger partial charge in [-0.1, -0.05) is 12.1 Å². The van der Waals surface area contributed by atoms with Gasteiger partial charge in [-0.25, -0.2) is 17.6 Å². The molecular formula is C21H23F4N3O4S2. The Balaban J connectivity index is 1.50. The third kappa shape index (κ3) is 7.24. The third-order valence-electron chi connectivity index (χ3n) is 5.22. The second-order valence-corrected chi connectivity index (χ2v) is 10.9. The van der Waals surface area contributed by atoms with Crippen LogP contribution >= 0.6 is 11.8 Å². The minimum absolute atomic E-state index is 0.129. The molecule has 0 aliphatic carbocycles. The van der Waals surface area contributed by atoms with Gasteiger partial charge in [0.15, 0.2) is 15.7 Å². The molecule has 0 aromatic heterocycles. The standard InChI is InChI=1S/C21H23F4N3O4S2/c1-34(31,32)19-13-17(16(22)12-18(19)29)26-20(30)28-10-8-27(9-11-28)7-6-14-2-4-15(5-3-14)33-21(23,24)25/h2-5,12-13,29H,6-11H2,1H3,(H,26,30). The van der Waals surface area contributed by atoms with Gasteiger partial charge in [0.25, 0.3) is 0 Å². The van der Waals surface area contributed by atoms with Crippen molar-refractivity contribution < 1.29 is 35.9 Å². The Hall–Kier alpha value is -2.51. The van der Waals surface area contributed by atoms with Gasteiger partial charge in [-0.3, -0.25) is 4.90 Å². The van der Waals surface area contributed by atoms with Crippen molar-refractivity contribution in [3.8, 4) is 5.75 Å². The topological polar surface area (TPSA) is 90.0 Å². The number of alkyl halides is 3. The summed E-state index contributed by atoms with van der Waals surface area (Å²) in [5.74, 6) is -1.70. The van der Waals surface area contributed by atoms with Crippen LogP contribution in [0.25, 0.3) is 0 Å². The molecule has 1 saturated heterocycles. The van der Waals surface area contributed by atoms with Crippen LogP contribution in [0.3, 0.4) is 0 Å². The molecule has 186 valence electrons. The largest absolute Gasteiger partial charge is 0.506 e. The van der Waals surface area contributed by atoms with E-state index in [0.29, 0.717) is 45.2 Å². The Morgan fingerprint density at radius 2 is 1.74 bits per heavy atom. The highest BCUT2D eigenvalue weighted by molar-refractivity contribution is 8.00. The smallest absolute Gasteiger partial charge is 0.446 e. The van der Waals surface area contributed by atoms with Gasteiger partial charge in [0.05, 0.1) is 5.69 Å². The Kier molecular flexibility index (Phi) is 7.98. The minimum Gasteiger partial charge on any atom is -0.506 e. The molecule has 0 saturated carbocycles. The molecule has 0 spiro atoms. The lowest BCUT2D eigenvalue weighted by Gasteiger charge is -2.34. The van der Waals surface area contributed by atoms with Crippen molar-refractivity contribution in [1.29, 1.82) is 0 Å². The Morgan fingerprint density at radius 3 is 2.29 bits per heavy atom. The van der Waals surface area contributed by atoms with Gasteiger partial charge >= 0.3 is 11.5 Å². The number of urea groups is 1. The molecule has 2 amide bonds. The number of phenolic OH excluding ortho intramolecular Hbond substituents is 1. The normalized spacial score (nSPS) is 15.4. The number of rotatable bonds is 6. The van der Waals surface area contributed by atoms with Crippen molar-refractivity contribution in [1.82, 2.24) is 9.80 Å². The Labute approximate surface area is 198 Å². The molecule has 0 atom stereocenters. The summed E-state index contributed by atoms with van der Waals surface area (Å²) in [5.41, 5.74) is -3.77. The van der Waals surface area contributed by atoms with Gasteiger partial charge in [-0.15, -0.1) is 0 Å². The van der Waals surface area contributed by atoms with Crippen LogP contribution in [0.2, 0.25) is 0 Å². The van der Waals surface area contributed by atoms with Gasteiger partial charge in [0.1, 0.15) is 10.6 Å². The van der Waals surface area contributed by atoms with Crippen LogP contribution < -0.4 is 5.32 Å². The quantitative estimate of drug-likeness (QED) is 0.259. The van der Waals surface area contributed by atoms with E-state index in [4.69, 9.17) is 0 Å². The number of carbonyl (C=O) groups excluding carboxylic acids is 1. The molecule has 0 unspecified atom stereocenters. The number of piperazine rings is 1. The van der Waals surface area contributed by atoms with Crippen LogP contribution in [0, 0.1) is 5.82 Å². The number of halogens is 4. The Morgan fingerprint density at radius 1 is 1.12 bits per heavy atom. The van der Waals surface area contributed by atoms with Gasteiger partial charge < -0.3 is 15.3 Å². The van der Waals surface area contributed by atoms with E-state index in [2.05, 4.69) is 10.2 Å². The van der Waals surface area contributed by atoms with Crippen molar-refractivity contribution in [3.05, 3.63) is 47.8 Å². The second-order valence-electron chi connectivity index (χ2n) is 7.77. The first kappa shape index (κ1) is 26.1. The number of aromatic hydroxyl groups is 1. The van der Waals surface area contributed by atoms with E-state index < -0.39 is 37.8 Å². The first-order valence-electron chi connectivity index (χ1n) is 10.2. The zero-order valence-electron chi connectivity index (χ0n) is 18.1. The number of hydrogen-bond donors (Lipinski definition) is 2. The molecule has 1 aliphatic heterocycles. The second kappa shape index (κ2) is 10.4. The van der Waals surface area contributed by atoms with Crippen molar-refractivity contribution in [2.24, 2.45) is 0 Å². The van der Waals surface area contributed by atoms with E-state index in [0.717, 1.165) is 17.9 Å². The molecular weight excluding hydrogens is 498 g/mol. The lowest BCUT2D eigenvalue weighted by molar-refractivity contribution is -0.0328. The maximum absolute atomic E-state index is 14.1. The fourth-order valence-electron chi connectivity index (χ4n) is 3.45. The summed E-state index contributed by atoms with van der Waals surface area (Å²) in [6, 6.07) is 7.12. The predicted octanol–water partition coefficient (Wildman–Crippen LogP) is 3.94. The SMILES string of the molecule is CS(=O)(=O)c1cc(NC(=O)N2CCN(CCc3ccc(SC(F)(F)F)cc3)CC2)c(F)cc1O. The summed E-state index contributed by atoms with van der Waals surface area (Å²) in [4.78, 5) is 15.7. The fraction of sp³-hybridized carbons (Fsp3) is 0.381. The zero-order valence-corrected chi connectivity index (χ0v) is 19.7. The van der Waals surface area contributed by atoms with Crippen LogP contribution in [0.1, 0.15) is 5.56 Å². The van der Waals surface area contributed by atoms with Gasteiger partial charge in [-0.05, 0) is 41.9 Å². The van der Waals surface area contributed by atoms with Crippen molar-refractivity contribution >= 4 is 33.3 Å². The molecule has 1 fully saturated rings. The maximum Gasteiger partial charge on any atom is 0.446 e. The van der Waals surface area contributed by atoms with Crippen molar-refractivity contribution in [3.63, 3.8) is 0 Å². The lowest BCUT2D eigenvalue weighted by atomic mass is 10.1. The van der Waals surface area contributed by atoms with E-state index in [9.17, 15) is 35.9 Å². The highest BCUT2D eigenvalue weighted by atomic mass is 32.2. The predicted molar refractivity (Wildman–Crippen MR) is 120 cm³/mol. The number of hydrogen-bond acceptors (Lipinski definition) is 6. The number of phenols is 1. The van der Waals surface area contributed by atoms with Crippen LogP contribution in [0.4, 0.5) is 28.0 Å². The fourth-order valence-corrected chi connectivity index (χ4v) is 4.76. The number of carbonyl (C=O) groups is 1. The summed E-state index contributed by atoms with van der Waals surface area (Å²) in [7, 11) is -3.82. The number of amides is 2. The number of nitrogens with one attached hydrogen (secondary N) is 1. The summed E-state index contributed by atoms with van der Waals surface area (Å²) < 4.78 is 74.8. The molecule has 1 aliphatic rings. The number of nitrogens with zero attached hydrogens (tertiary/aromatic N) is 2. The van der Waals surface area contributed by atoms with Crippen LogP contribution in [0.15, 0.2) is 46.2 Å². The third-order valence-corrected chi connectivity index (χ3v) is 7.09. The average Bonchev–Trinajstić information content (AvgIpc) is 2.73. The monoisotopic (exact) mass is 521 g/mol. The first-order chi connectivity index (χ1) is 15.8. The van der Waals surface area contributed by atoms with Gasteiger partial charge in [-0.2, -0.15) is 13.2 Å². The molecule has 2 aromatic rings. The molecule has 0 bridgehead atoms. The number of sulfone groups is 1. The van der Waals surface area contributed by atoms with Crippen molar-refractivity contribution in [2.45, 2.75) is 21.7 Å². The minimum atomic E-state index is -4.32. The molecule has 0 radical (unpaired) electrons. The van der Waals surface area contributed by atoms with E-state index in [1.807, 2.05) is 0 Å². The molecule has 2 aromatic carbocycles. The first-order valence-corrected chi connectivity index (χ1v) is 12.9. The molecule has 3 rings (SSSR count). The molecule has 1 heterocycles. The maximum atomic E-state index is 14.1. The van der Waals surface area contributed by atoms with E-state index in [-0.39, 0.29) is 22.3 Å². The van der Waals surface area contributed by atoms with Gasteiger partial charge in [0, 0.05) is 49.9 Å². The van der Waals surface area contributed by atoms with E-state index >= 15 is 0 Å². The molecule has 7 nitrogen and oxygen atoms in total. The number of thioether (sulfide) groups is 1. The molecule has 13 heteroatoms. The summed E-state index contributed by atoms with van der Waals surface area (Å²) in [5, 5.41) is 12.0. The number of benzene rings is 2. The van der Waals surface area contributed by atoms with E-state index in [1.165, 1.54) is 17.0 Å². The molecule has 2 N–H and O–H groups in total. The lowest BCUT2D eigenvalue weighted by Crippen LogP contribution is -2.50. The summed E-state index contributed by atoms with van der Waals surface area (Å²) in [6.45, 7) is 2.45. The highest BCUT2D eigenvalue weighted by Crippen LogP contribution is 2.36. The summed E-state index contributed by atoms with van der Waals surface area (Å²) in [6.07, 6.45) is 1.50. The van der Waals surface area contributed by atoms with Crippen LogP contribution in [-0.2, 0) is 16.3 Å². The van der Waals surface area contributed by atoms with Crippen LogP contribution in [-0.4, -0.2) is 73.8 Å². The van der Waals surface area contributed by atoms with Gasteiger partial charge in [0.2, 0.25) is 0 Å².